The van der Waals surface area contributed by atoms with Crippen LogP contribution < -0.4 is 10.5 Å². The van der Waals surface area contributed by atoms with Crippen LogP contribution in [0.15, 0.2) is 24.3 Å². The summed E-state index contributed by atoms with van der Waals surface area (Å²) in [6, 6.07) is 8.65. The number of benzene rings is 1. The van der Waals surface area contributed by atoms with Gasteiger partial charge < -0.3 is 10.5 Å². The molecule has 15 heavy (non-hydrogen) atoms. The molecule has 82 valence electrons. The van der Waals surface area contributed by atoms with Crippen LogP contribution in [0, 0.1) is 0 Å². The van der Waals surface area contributed by atoms with Crippen LogP contribution in [-0.4, -0.2) is 13.2 Å². The second-order valence-electron chi connectivity index (χ2n) is 4.33. The molecular formula is C13H19NO. The zero-order chi connectivity index (χ0) is 10.7. The lowest BCUT2D eigenvalue weighted by Gasteiger charge is -2.29. The molecule has 1 fully saturated rings. The Labute approximate surface area is 91.4 Å². The minimum atomic E-state index is 0.325. The summed E-state index contributed by atoms with van der Waals surface area (Å²) in [5.74, 6) is 1.46. The van der Waals surface area contributed by atoms with Crippen LogP contribution in [-0.2, 0) is 0 Å². The van der Waals surface area contributed by atoms with Gasteiger partial charge in [-0.3, -0.25) is 0 Å². The molecule has 0 aliphatic heterocycles. The molecule has 2 nitrogen and oxygen atoms in total. The fraction of sp³-hybridized carbons (Fsp3) is 0.538. The van der Waals surface area contributed by atoms with Crippen molar-refractivity contribution in [2.45, 2.75) is 37.6 Å². The van der Waals surface area contributed by atoms with Crippen LogP contribution in [0.2, 0.25) is 0 Å². The first-order valence-corrected chi connectivity index (χ1v) is 5.71. The summed E-state index contributed by atoms with van der Waals surface area (Å²) in [5, 5.41) is 0. The van der Waals surface area contributed by atoms with E-state index in [9.17, 15) is 0 Å². The zero-order valence-electron chi connectivity index (χ0n) is 9.28. The predicted octanol–water partition coefficient (Wildman–Crippen LogP) is 2.68. The Morgan fingerprint density at radius 1 is 1.27 bits per heavy atom. The van der Waals surface area contributed by atoms with Crippen LogP contribution in [0.25, 0.3) is 0 Å². The van der Waals surface area contributed by atoms with Gasteiger partial charge in [-0.25, -0.2) is 0 Å². The van der Waals surface area contributed by atoms with E-state index >= 15 is 0 Å². The SMILES string of the molecule is COc1cccc(C2CCCCC2N)c1. The molecule has 2 unspecified atom stereocenters. The van der Waals surface area contributed by atoms with Gasteiger partial charge >= 0.3 is 0 Å². The van der Waals surface area contributed by atoms with E-state index in [-0.39, 0.29) is 0 Å². The fourth-order valence-corrected chi connectivity index (χ4v) is 2.45. The number of hydrogen-bond donors (Lipinski definition) is 1. The van der Waals surface area contributed by atoms with Gasteiger partial charge in [-0.15, -0.1) is 0 Å². The van der Waals surface area contributed by atoms with E-state index < -0.39 is 0 Å². The van der Waals surface area contributed by atoms with E-state index in [2.05, 4.69) is 18.2 Å². The van der Waals surface area contributed by atoms with E-state index in [1.54, 1.807) is 7.11 Å². The highest BCUT2D eigenvalue weighted by atomic mass is 16.5. The molecular weight excluding hydrogens is 186 g/mol. The average Bonchev–Trinajstić information content (AvgIpc) is 2.30. The topological polar surface area (TPSA) is 35.2 Å². The second kappa shape index (κ2) is 4.67. The first kappa shape index (κ1) is 10.5. The summed E-state index contributed by atoms with van der Waals surface area (Å²) >= 11 is 0. The second-order valence-corrected chi connectivity index (χ2v) is 4.33. The van der Waals surface area contributed by atoms with E-state index in [1.165, 1.54) is 24.8 Å². The van der Waals surface area contributed by atoms with E-state index in [1.807, 2.05) is 6.07 Å². The van der Waals surface area contributed by atoms with Gasteiger partial charge in [0, 0.05) is 6.04 Å². The van der Waals surface area contributed by atoms with Gasteiger partial charge in [-0.2, -0.15) is 0 Å². The minimum absolute atomic E-state index is 0.325. The Balaban J connectivity index is 2.19. The third-order valence-corrected chi connectivity index (χ3v) is 3.34. The van der Waals surface area contributed by atoms with Crippen molar-refractivity contribution in [3.05, 3.63) is 29.8 Å². The maximum atomic E-state index is 6.16. The summed E-state index contributed by atoms with van der Waals surface area (Å²) in [7, 11) is 1.71. The highest BCUT2D eigenvalue weighted by molar-refractivity contribution is 5.31. The predicted molar refractivity (Wildman–Crippen MR) is 62.2 cm³/mol. The smallest absolute Gasteiger partial charge is 0.119 e. The van der Waals surface area contributed by atoms with Crippen LogP contribution >= 0.6 is 0 Å². The van der Waals surface area contributed by atoms with Gasteiger partial charge in [-0.05, 0) is 36.5 Å². The molecule has 0 radical (unpaired) electrons. The van der Waals surface area contributed by atoms with Crippen molar-refractivity contribution < 1.29 is 4.74 Å². The van der Waals surface area contributed by atoms with Gasteiger partial charge in [0.05, 0.1) is 7.11 Å². The van der Waals surface area contributed by atoms with Crippen molar-refractivity contribution in [1.82, 2.24) is 0 Å². The van der Waals surface area contributed by atoms with E-state index in [4.69, 9.17) is 10.5 Å². The number of nitrogens with two attached hydrogens (primary N) is 1. The van der Waals surface area contributed by atoms with Crippen molar-refractivity contribution in [3.8, 4) is 5.75 Å². The summed E-state index contributed by atoms with van der Waals surface area (Å²) in [6.07, 6.45) is 4.95. The molecule has 2 N–H and O–H groups in total. The lowest BCUT2D eigenvalue weighted by molar-refractivity contribution is 0.381. The van der Waals surface area contributed by atoms with Crippen LogP contribution in [0.1, 0.15) is 37.2 Å². The first-order valence-electron chi connectivity index (χ1n) is 5.71. The monoisotopic (exact) mass is 205 g/mol. The summed E-state index contributed by atoms with van der Waals surface area (Å²) in [6.45, 7) is 0. The summed E-state index contributed by atoms with van der Waals surface area (Å²) < 4.78 is 5.24. The van der Waals surface area contributed by atoms with Gasteiger partial charge in [-0.1, -0.05) is 25.0 Å². The maximum Gasteiger partial charge on any atom is 0.119 e. The van der Waals surface area contributed by atoms with Crippen molar-refractivity contribution in [1.29, 1.82) is 0 Å². The molecule has 1 aliphatic carbocycles. The van der Waals surface area contributed by atoms with Crippen LogP contribution in [0.4, 0.5) is 0 Å². The largest absolute Gasteiger partial charge is 0.497 e. The number of hydrogen-bond acceptors (Lipinski definition) is 2. The Morgan fingerprint density at radius 3 is 2.80 bits per heavy atom. The number of methoxy groups -OCH3 is 1. The van der Waals surface area contributed by atoms with E-state index in [0.717, 1.165) is 12.2 Å². The van der Waals surface area contributed by atoms with Crippen molar-refractivity contribution in [2.24, 2.45) is 5.73 Å². The third-order valence-electron chi connectivity index (χ3n) is 3.34. The molecule has 2 rings (SSSR count). The Kier molecular flexibility index (Phi) is 3.27. The minimum Gasteiger partial charge on any atom is -0.497 e. The molecule has 1 aromatic carbocycles. The van der Waals surface area contributed by atoms with Gasteiger partial charge in [0.1, 0.15) is 5.75 Å². The molecule has 0 bridgehead atoms. The van der Waals surface area contributed by atoms with Crippen LogP contribution in [0.5, 0.6) is 5.75 Å². The standard InChI is InChI=1S/C13H19NO/c1-15-11-6-4-5-10(9-11)12-7-2-3-8-13(12)14/h4-6,9,12-13H,2-3,7-8,14H2,1H3. The Bertz CT molecular complexity index is 324. The Hall–Kier alpha value is -1.02. The molecule has 2 heteroatoms. The number of rotatable bonds is 2. The highest BCUT2D eigenvalue weighted by Crippen LogP contribution is 2.33. The van der Waals surface area contributed by atoms with E-state index in [0.29, 0.717) is 12.0 Å². The molecule has 0 spiro atoms. The zero-order valence-corrected chi connectivity index (χ0v) is 9.28. The third kappa shape index (κ3) is 2.32. The summed E-state index contributed by atoms with van der Waals surface area (Å²) in [4.78, 5) is 0. The molecule has 0 heterocycles. The lowest BCUT2D eigenvalue weighted by Crippen LogP contribution is -2.31. The van der Waals surface area contributed by atoms with Crippen LogP contribution in [0.3, 0.4) is 0 Å². The van der Waals surface area contributed by atoms with Gasteiger partial charge in [0.15, 0.2) is 0 Å². The van der Waals surface area contributed by atoms with Crippen molar-refractivity contribution in [3.63, 3.8) is 0 Å². The molecule has 1 aromatic rings. The fourth-order valence-electron chi connectivity index (χ4n) is 2.45. The molecule has 0 saturated heterocycles. The first-order chi connectivity index (χ1) is 7.31. The summed E-state index contributed by atoms with van der Waals surface area (Å²) in [5.41, 5.74) is 7.50. The maximum absolute atomic E-state index is 6.16. The quantitative estimate of drug-likeness (QED) is 0.805. The average molecular weight is 205 g/mol. The molecule has 0 aromatic heterocycles. The van der Waals surface area contributed by atoms with Crippen molar-refractivity contribution in [2.75, 3.05) is 7.11 Å². The number of ether oxygens (including phenoxy) is 1. The molecule has 0 amide bonds. The van der Waals surface area contributed by atoms with Gasteiger partial charge in [0.2, 0.25) is 0 Å². The molecule has 1 saturated carbocycles. The normalized spacial score (nSPS) is 26.3. The van der Waals surface area contributed by atoms with Gasteiger partial charge in [0.25, 0.3) is 0 Å². The Morgan fingerprint density at radius 2 is 2.07 bits per heavy atom. The molecule has 1 aliphatic rings. The van der Waals surface area contributed by atoms with Crippen molar-refractivity contribution >= 4 is 0 Å². The molecule has 2 atom stereocenters. The highest BCUT2D eigenvalue weighted by Gasteiger charge is 2.23. The lowest BCUT2D eigenvalue weighted by atomic mass is 9.80.